The number of aromatic nitrogens is 1. The molecule has 0 saturated heterocycles. The first-order valence-electron chi connectivity index (χ1n) is 2.99. The van der Waals surface area contributed by atoms with E-state index in [9.17, 15) is 4.79 Å². The molecule has 1 rings (SSSR count). The minimum atomic E-state index is -1.04. The lowest BCUT2D eigenvalue weighted by atomic mass is 10.4. The zero-order valence-corrected chi connectivity index (χ0v) is 6.71. The van der Waals surface area contributed by atoms with E-state index in [-0.39, 0.29) is 5.01 Å². The average molecular weight is 180 g/mol. The lowest BCUT2D eigenvalue weighted by Gasteiger charge is -1.80. The first kappa shape index (κ1) is 8.43. The van der Waals surface area contributed by atoms with Crippen molar-refractivity contribution in [3.63, 3.8) is 0 Å². The smallest absolute Gasteiger partial charge is 0.365 e. The fourth-order valence-corrected chi connectivity index (χ4v) is 1.21. The van der Waals surface area contributed by atoms with Crippen molar-refractivity contribution in [2.45, 2.75) is 0 Å². The summed E-state index contributed by atoms with van der Waals surface area (Å²) >= 11 is 1.04. The standard InChI is InChI=1S/C7H4N2O2S/c8-3-1-2-5-4-12-6(9-5)7(10)11/h1-2,4H,(H,10,11). The number of allylic oxidation sites excluding steroid dienone is 1. The van der Waals surface area contributed by atoms with E-state index in [0.717, 1.165) is 11.3 Å². The van der Waals surface area contributed by atoms with Gasteiger partial charge in [-0.25, -0.2) is 9.78 Å². The molecule has 0 aliphatic heterocycles. The molecule has 0 aliphatic rings. The van der Waals surface area contributed by atoms with Gasteiger partial charge >= 0.3 is 5.97 Å². The molecule has 1 heterocycles. The number of rotatable bonds is 2. The molecule has 0 fully saturated rings. The quantitative estimate of drug-likeness (QED) is 0.697. The molecule has 4 nitrogen and oxygen atoms in total. The molecule has 0 amide bonds. The van der Waals surface area contributed by atoms with E-state index < -0.39 is 5.97 Å². The SMILES string of the molecule is N#CC=Cc1csc(C(=O)O)n1. The van der Waals surface area contributed by atoms with Gasteiger partial charge in [0, 0.05) is 11.5 Å². The third-order valence-electron chi connectivity index (χ3n) is 1.03. The van der Waals surface area contributed by atoms with Crippen LogP contribution in [0.4, 0.5) is 0 Å². The highest BCUT2D eigenvalue weighted by atomic mass is 32.1. The molecular formula is C7H4N2O2S. The van der Waals surface area contributed by atoms with Gasteiger partial charge in [0.2, 0.25) is 5.01 Å². The van der Waals surface area contributed by atoms with Gasteiger partial charge in [0.1, 0.15) is 0 Å². The molecule has 0 saturated carbocycles. The van der Waals surface area contributed by atoms with Crippen LogP contribution in [-0.4, -0.2) is 16.1 Å². The molecule has 1 aromatic rings. The predicted molar refractivity (Wildman–Crippen MR) is 43.7 cm³/mol. The van der Waals surface area contributed by atoms with Gasteiger partial charge in [0.25, 0.3) is 0 Å². The van der Waals surface area contributed by atoms with E-state index in [4.69, 9.17) is 10.4 Å². The van der Waals surface area contributed by atoms with Crippen molar-refractivity contribution in [3.8, 4) is 6.07 Å². The Morgan fingerprint density at radius 1 is 1.83 bits per heavy atom. The number of nitriles is 1. The number of hydrogen-bond donors (Lipinski definition) is 1. The summed E-state index contributed by atoms with van der Waals surface area (Å²) in [6, 6.07) is 1.79. The van der Waals surface area contributed by atoms with Crippen LogP contribution in [0.15, 0.2) is 11.5 Å². The van der Waals surface area contributed by atoms with Gasteiger partial charge in [-0.05, 0) is 6.08 Å². The zero-order valence-electron chi connectivity index (χ0n) is 5.89. The fraction of sp³-hybridized carbons (Fsp3) is 0. The van der Waals surface area contributed by atoms with Gasteiger partial charge in [0.15, 0.2) is 0 Å². The molecule has 0 aliphatic carbocycles. The summed E-state index contributed by atoms with van der Waals surface area (Å²) in [7, 11) is 0. The van der Waals surface area contributed by atoms with Crippen LogP contribution < -0.4 is 0 Å². The fourth-order valence-electron chi connectivity index (χ4n) is 0.584. The Morgan fingerprint density at radius 3 is 3.08 bits per heavy atom. The molecule has 0 atom stereocenters. The van der Waals surface area contributed by atoms with Gasteiger partial charge in [-0.15, -0.1) is 11.3 Å². The number of carboxylic acids is 1. The molecule has 1 aromatic heterocycles. The maximum atomic E-state index is 10.3. The Labute approximate surface area is 72.4 Å². The van der Waals surface area contributed by atoms with Gasteiger partial charge in [-0.3, -0.25) is 0 Å². The lowest BCUT2D eigenvalue weighted by Crippen LogP contribution is -1.93. The Hall–Kier alpha value is -1.67. The van der Waals surface area contributed by atoms with E-state index in [1.165, 1.54) is 12.2 Å². The minimum absolute atomic E-state index is 0.0348. The van der Waals surface area contributed by atoms with E-state index in [2.05, 4.69) is 4.98 Å². The molecule has 0 bridgehead atoms. The summed E-state index contributed by atoms with van der Waals surface area (Å²) < 4.78 is 0. The van der Waals surface area contributed by atoms with Crippen LogP contribution in [0.25, 0.3) is 6.08 Å². The highest BCUT2D eigenvalue weighted by molar-refractivity contribution is 7.11. The maximum absolute atomic E-state index is 10.3. The summed E-state index contributed by atoms with van der Waals surface area (Å²) in [6.07, 6.45) is 2.71. The van der Waals surface area contributed by atoms with Gasteiger partial charge in [0.05, 0.1) is 11.8 Å². The number of thiazole rings is 1. The largest absolute Gasteiger partial charge is 0.476 e. The highest BCUT2D eigenvalue weighted by Gasteiger charge is 2.06. The molecule has 0 unspecified atom stereocenters. The summed E-state index contributed by atoms with van der Waals surface area (Å²) in [4.78, 5) is 14.1. The molecule has 60 valence electrons. The van der Waals surface area contributed by atoms with Crippen LogP contribution in [0.1, 0.15) is 15.5 Å². The van der Waals surface area contributed by atoms with Gasteiger partial charge in [-0.2, -0.15) is 5.26 Å². The third-order valence-corrected chi connectivity index (χ3v) is 1.88. The van der Waals surface area contributed by atoms with Crippen molar-refractivity contribution in [2.24, 2.45) is 0 Å². The Balaban J connectivity index is 2.86. The lowest BCUT2D eigenvalue weighted by molar-refractivity contribution is 0.0696. The normalized spacial score (nSPS) is 9.92. The first-order valence-corrected chi connectivity index (χ1v) is 3.87. The third kappa shape index (κ3) is 1.90. The number of carboxylic acid groups (broad SMARTS) is 1. The van der Waals surface area contributed by atoms with E-state index in [1.54, 1.807) is 11.4 Å². The minimum Gasteiger partial charge on any atom is -0.476 e. The molecule has 1 N–H and O–H groups in total. The van der Waals surface area contributed by atoms with Gasteiger partial charge < -0.3 is 5.11 Å². The van der Waals surface area contributed by atoms with Crippen molar-refractivity contribution in [3.05, 3.63) is 22.2 Å². The molecule has 0 aromatic carbocycles. The second-order valence-electron chi connectivity index (χ2n) is 1.85. The van der Waals surface area contributed by atoms with Crippen LogP contribution in [0.2, 0.25) is 0 Å². The summed E-state index contributed by atoms with van der Waals surface area (Å²) in [5.74, 6) is -1.04. The van der Waals surface area contributed by atoms with E-state index in [0.29, 0.717) is 5.69 Å². The Morgan fingerprint density at radius 2 is 2.58 bits per heavy atom. The molecule has 5 heteroatoms. The molecular weight excluding hydrogens is 176 g/mol. The number of hydrogen-bond acceptors (Lipinski definition) is 4. The summed E-state index contributed by atoms with van der Waals surface area (Å²) in [6.45, 7) is 0. The second kappa shape index (κ2) is 3.64. The highest BCUT2D eigenvalue weighted by Crippen LogP contribution is 2.10. The number of nitrogens with zero attached hydrogens (tertiary/aromatic N) is 2. The van der Waals surface area contributed by atoms with Crippen molar-refractivity contribution in [2.75, 3.05) is 0 Å². The Kier molecular flexibility index (Phi) is 2.56. The zero-order chi connectivity index (χ0) is 8.97. The molecule has 12 heavy (non-hydrogen) atoms. The summed E-state index contributed by atoms with van der Waals surface area (Å²) in [5.41, 5.74) is 0.499. The molecule has 0 spiro atoms. The van der Waals surface area contributed by atoms with Crippen LogP contribution in [0, 0.1) is 11.3 Å². The van der Waals surface area contributed by atoms with Crippen molar-refractivity contribution < 1.29 is 9.90 Å². The van der Waals surface area contributed by atoms with Crippen LogP contribution in [0.5, 0.6) is 0 Å². The maximum Gasteiger partial charge on any atom is 0.365 e. The number of aromatic carboxylic acids is 1. The van der Waals surface area contributed by atoms with Gasteiger partial charge in [-0.1, -0.05) is 0 Å². The summed E-state index contributed by atoms with van der Waals surface area (Å²) in [5, 5.41) is 18.3. The molecule has 0 radical (unpaired) electrons. The topological polar surface area (TPSA) is 74.0 Å². The van der Waals surface area contributed by atoms with Crippen LogP contribution >= 0.6 is 11.3 Å². The van der Waals surface area contributed by atoms with Crippen molar-refractivity contribution in [1.29, 1.82) is 5.26 Å². The average Bonchev–Trinajstić information content (AvgIpc) is 2.48. The van der Waals surface area contributed by atoms with Crippen molar-refractivity contribution >= 4 is 23.4 Å². The van der Waals surface area contributed by atoms with E-state index in [1.807, 2.05) is 0 Å². The monoisotopic (exact) mass is 180 g/mol. The number of carbonyl (C=O) groups is 1. The predicted octanol–water partition coefficient (Wildman–Crippen LogP) is 1.38. The van der Waals surface area contributed by atoms with E-state index >= 15 is 0 Å². The van der Waals surface area contributed by atoms with Crippen LogP contribution in [-0.2, 0) is 0 Å². The second-order valence-corrected chi connectivity index (χ2v) is 2.70. The first-order chi connectivity index (χ1) is 5.74. The van der Waals surface area contributed by atoms with Crippen molar-refractivity contribution in [1.82, 2.24) is 4.98 Å². The Bertz CT molecular complexity index is 362. The van der Waals surface area contributed by atoms with Crippen LogP contribution in [0.3, 0.4) is 0 Å².